The Labute approximate surface area is 194 Å². The highest BCUT2D eigenvalue weighted by Crippen LogP contribution is 2.27. The molecule has 0 saturated carbocycles. The summed E-state index contributed by atoms with van der Waals surface area (Å²) in [6.07, 6.45) is -1.37. The molecule has 0 radical (unpaired) electrons. The van der Waals surface area contributed by atoms with Crippen LogP contribution in [0.3, 0.4) is 0 Å². The summed E-state index contributed by atoms with van der Waals surface area (Å²) < 4.78 is 5.72. The van der Waals surface area contributed by atoms with Crippen molar-refractivity contribution < 1.29 is 39.2 Å². The van der Waals surface area contributed by atoms with Crippen LogP contribution in [0.4, 0.5) is 0 Å². The van der Waals surface area contributed by atoms with Crippen LogP contribution in [0.1, 0.15) is 29.8 Å². The molecule has 4 atom stereocenters. The van der Waals surface area contributed by atoms with Gasteiger partial charge in [-0.1, -0.05) is 12.1 Å². The van der Waals surface area contributed by atoms with Crippen LogP contribution in [-0.4, -0.2) is 63.2 Å². The van der Waals surface area contributed by atoms with Crippen LogP contribution in [0.25, 0.3) is 0 Å². The largest absolute Gasteiger partial charge is 0.507 e. The van der Waals surface area contributed by atoms with Gasteiger partial charge in [0.2, 0.25) is 11.8 Å². The Hall–Kier alpha value is -4.12. The first-order chi connectivity index (χ1) is 16.0. The number of aromatic hydroxyl groups is 1. The van der Waals surface area contributed by atoms with Gasteiger partial charge in [-0.15, -0.1) is 0 Å². The smallest absolute Gasteiger partial charge is 0.326 e. The quantitative estimate of drug-likeness (QED) is 0.339. The molecule has 11 nitrogen and oxygen atoms in total. The van der Waals surface area contributed by atoms with Crippen molar-refractivity contribution in [1.82, 2.24) is 16.0 Å². The van der Waals surface area contributed by atoms with E-state index in [9.17, 15) is 34.5 Å². The molecule has 6 N–H and O–H groups in total. The predicted octanol–water partition coefficient (Wildman–Crippen LogP) is 0.294. The van der Waals surface area contributed by atoms with Crippen LogP contribution >= 0.6 is 0 Å². The van der Waals surface area contributed by atoms with Crippen molar-refractivity contribution in [2.75, 3.05) is 0 Å². The zero-order valence-electron chi connectivity index (χ0n) is 18.4. The minimum Gasteiger partial charge on any atom is -0.507 e. The van der Waals surface area contributed by atoms with E-state index in [1.165, 1.54) is 32.0 Å². The van der Waals surface area contributed by atoms with Gasteiger partial charge < -0.3 is 36.0 Å². The molecule has 4 bridgehead atoms. The number of aliphatic hydroxyl groups is 1. The van der Waals surface area contributed by atoms with Gasteiger partial charge in [0, 0.05) is 6.42 Å². The Morgan fingerprint density at radius 1 is 1.00 bits per heavy atom. The highest BCUT2D eigenvalue weighted by atomic mass is 16.5. The molecule has 3 amide bonds. The van der Waals surface area contributed by atoms with E-state index in [2.05, 4.69) is 16.0 Å². The van der Waals surface area contributed by atoms with E-state index in [4.69, 9.17) is 4.74 Å². The maximum absolute atomic E-state index is 12.8. The zero-order chi connectivity index (χ0) is 25.0. The lowest BCUT2D eigenvalue weighted by atomic mass is 10.0. The minimum atomic E-state index is -1.47. The highest BCUT2D eigenvalue weighted by Gasteiger charge is 2.30. The molecule has 1 unspecified atom stereocenters. The van der Waals surface area contributed by atoms with Crippen molar-refractivity contribution in [3.8, 4) is 17.2 Å². The predicted molar refractivity (Wildman–Crippen MR) is 118 cm³/mol. The van der Waals surface area contributed by atoms with Gasteiger partial charge in [-0.05, 0) is 49.7 Å². The number of nitrogens with one attached hydrogen (secondary N) is 3. The molecule has 0 spiro atoms. The SMILES string of the molecule is C[C@@H]1NC(=O)C([C@@H](C)O)NC(=O)c2cc(ccc2O)Oc2ccc(cc2)C[C@@H](C(=O)O)NC1=O. The topological polar surface area (TPSA) is 174 Å². The zero-order valence-corrected chi connectivity index (χ0v) is 18.4. The van der Waals surface area contributed by atoms with E-state index >= 15 is 0 Å². The fraction of sp³-hybridized carbons (Fsp3) is 0.304. The second kappa shape index (κ2) is 10.2. The van der Waals surface area contributed by atoms with Gasteiger partial charge in [-0.3, -0.25) is 14.4 Å². The van der Waals surface area contributed by atoms with Crippen molar-refractivity contribution in [1.29, 1.82) is 0 Å². The van der Waals surface area contributed by atoms with Gasteiger partial charge in [0.15, 0.2) is 0 Å². The molecule has 2 aromatic rings. The van der Waals surface area contributed by atoms with Crippen LogP contribution in [-0.2, 0) is 20.8 Å². The molecule has 2 heterocycles. The van der Waals surface area contributed by atoms with Gasteiger partial charge in [0.25, 0.3) is 5.91 Å². The van der Waals surface area contributed by atoms with Crippen LogP contribution in [0, 0.1) is 0 Å². The number of phenols is 1. The summed E-state index contributed by atoms with van der Waals surface area (Å²) in [7, 11) is 0. The normalized spacial score (nSPS) is 22.3. The number of carboxylic acid groups (broad SMARTS) is 1. The number of aliphatic hydroxyl groups excluding tert-OH is 1. The second-order valence-corrected chi connectivity index (χ2v) is 7.95. The Morgan fingerprint density at radius 3 is 2.26 bits per heavy atom. The molecule has 0 fully saturated rings. The number of aliphatic carboxylic acids is 1. The van der Waals surface area contributed by atoms with Crippen LogP contribution in [0.15, 0.2) is 42.5 Å². The highest BCUT2D eigenvalue weighted by molar-refractivity contribution is 6.00. The van der Waals surface area contributed by atoms with Gasteiger partial charge >= 0.3 is 5.97 Å². The van der Waals surface area contributed by atoms with E-state index < -0.39 is 47.9 Å². The van der Waals surface area contributed by atoms with Gasteiger partial charge in [0.1, 0.15) is 35.4 Å². The minimum absolute atomic E-state index is 0.0161. The lowest BCUT2D eigenvalue weighted by Crippen LogP contribution is -2.57. The lowest BCUT2D eigenvalue weighted by Gasteiger charge is -2.24. The monoisotopic (exact) mass is 471 g/mol. The lowest BCUT2D eigenvalue weighted by molar-refractivity contribution is -0.142. The molecule has 0 aliphatic carbocycles. The number of phenolic OH excluding ortho intramolecular Hbond substituents is 1. The number of carboxylic acids is 1. The van der Waals surface area contributed by atoms with E-state index in [0.29, 0.717) is 11.3 Å². The summed E-state index contributed by atoms with van der Waals surface area (Å²) in [6.45, 7) is 2.61. The average Bonchev–Trinajstić information content (AvgIpc) is 2.78. The number of hydrogen-bond donors (Lipinski definition) is 6. The third-order valence-electron chi connectivity index (χ3n) is 5.23. The summed E-state index contributed by atoms with van der Waals surface area (Å²) in [6, 6.07) is 6.52. The van der Waals surface area contributed by atoms with Gasteiger partial charge in [0.05, 0.1) is 11.7 Å². The molecular weight excluding hydrogens is 446 g/mol. The number of fused-ring (bicyclic) bond motifs is 11. The van der Waals surface area contributed by atoms with Crippen molar-refractivity contribution in [3.63, 3.8) is 0 Å². The van der Waals surface area contributed by atoms with Crippen molar-refractivity contribution in [2.45, 2.75) is 44.5 Å². The Kier molecular flexibility index (Phi) is 7.37. The number of rotatable bonds is 2. The Morgan fingerprint density at radius 2 is 1.65 bits per heavy atom. The maximum atomic E-state index is 12.8. The molecule has 4 rings (SSSR count). The number of carbonyl (C=O) groups excluding carboxylic acids is 3. The van der Waals surface area contributed by atoms with E-state index in [1.807, 2.05) is 0 Å². The summed E-state index contributed by atoms with van der Waals surface area (Å²) in [5.41, 5.74) is 0.418. The van der Waals surface area contributed by atoms with Crippen LogP contribution in [0.5, 0.6) is 17.2 Å². The number of benzene rings is 2. The summed E-state index contributed by atoms with van der Waals surface area (Å²) in [5.74, 6) is -3.52. The molecule has 34 heavy (non-hydrogen) atoms. The number of hydrogen-bond acceptors (Lipinski definition) is 7. The molecule has 11 heteroatoms. The van der Waals surface area contributed by atoms with E-state index in [0.717, 1.165) is 0 Å². The number of carbonyl (C=O) groups is 4. The number of ether oxygens (including phenoxy) is 1. The average molecular weight is 471 g/mol. The summed E-state index contributed by atoms with van der Waals surface area (Å²) in [5, 5.41) is 36.8. The fourth-order valence-corrected chi connectivity index (χ4v) is 3.32. The third-order valence-corrected chi connectivity index (χ3v) is 5.23. The van der Waals surface area contributed by atoms with Crippen LogP contribution in [0.2, 0.25) is 0 Å². The van der Waals surface area contributed by atoms with Gasteiger partial charge in [-0.2, -0.15) is 0 Å². The molecule has 2 aliphatic heterocycles. The summed E-state index contributed by atoms with van der Waals surface area (Å²) >= 11 is 0. The van der Waals surface area contributed by atoms with Crippen molar-refractivity contribution in [2.24, 2.45) is 0 Å². The molecule has 180 valence electrons. The molecule has 2 aliphatic rings. The first kappa shape index (κ1) is 24.5. The molecule has 0 aromatic heterocycles. The van der Waals surface area contributed by atoms with Gasteiger partial charge in [-0.25, -0.2) is 4.79 Å². The molecular formula is C23H25N3O8. The van der Waals surface area contributed by atoms with Crippen molar-refractivity contribution in [3.05, 3.63) is 53.6 Å². The molecule has 0 saturated heterocycles. The first-order valence-electron chi connectivity index (χ1n) is 10.5. The van der Waals surface area contributed by atoms with E-state index in [1.54, 1.807) is 24.3 Å². The molecule has 2 aromatic carbocycles. The third kappa shape index (κ3) is 5.81. The first-order valence-corrected chi connectivity index (χ1v) is 10.5. The van der Waals surface area contributed by atoms with Crippen LogP contribution < -0.4 is 20.7 Å². The fourth-order valence-electron chi connectivity index (χ4n) is 3.32. The Bertz CT molecular complexity index is 1100. The summed E-state index contributed by atoms with van der Waals surface area (Å²) in [4.78, 5) is 49.7. The Balaban J connectivity index is 2.01. The maximum Gasteiger partial charge on any atom is 0.326 e. The van der Waals surface area contributed by atoms with Crippen molar-refractivity contribution >= 4 is 23.7 Å². The second-order valence-electron chi connectivity index (χ2n) is 7.95. The standard InChI is InChI=1S/C23H25N3O8/c1-11-20(29)25-17(23(32)33)9-13-3-5-14(6-4-13)34-15-7-8-18(28)16(10-15)21(30)26-19(12(2)27)22(31)24-11/h3-8,10-12,17,19,27-28H,9H2,1-2H3,(H,24,31)(H,25,29)(H,26,30)(H,32,33)/t11-,12+,17-,19?/m0/s1. The number of amides is 3. The van der Waals surface area contributed by atoms with E-state index in [-0.39, 0.29) is 23.5 Å².